The van der Waals surface area contributed by atoms with Crippen LogP contribution in [0.25, 0.3) is 11.0 Å². The minimum Gasteiger partial charge on any atom is -0.342 e. The van der Waals surface area contributed by atoms with Crippen molar-refractivity contribution in [2.75, 3.05) is 0 Å². The van der Waals surface area contributed by atoms with Gasteiger partial charge in [-0.3, -0.25) is 9.79 Å². The van der Waals surface area contributed by atoms with Crippen molar-refractivity contribution in [3.05, 3.63) is 30.1 Å². The Morgan fingerprint density at radius 3 is 2.89 bits per heavy atom. The van der Waals surface area contributed by atoms with E-state index < -0.39 is 0 Å². The molecule has 0 saturated heterocycles. The predicted molar refractivity (Wildman–Crippen MR) is 69.5 cm³/mol. The van der Waals surface area contributed by atoms with Gasteiger partial charge < -0.3 is 10.3 Å². The van der Waals surface area contributed by atoms with Gasteiger partial charge in [-0.1, -0.05) is 19.1 Å². The Bertz CT molecular complexity index is 596. The van der Waals surface area contributed by atoms with Crippen molar-refractivity contribution in [1.29, 1.82) is 0 Å². The molecule has 0 bridgehead atoms. The van der Waals surface area contributed by atoms with E-state index in [0.717, 1.165) is 23.3 Å². The number of aromatic nitrogens is 2. The Kier molecular flexibility index (Phi) is 2.59. The third kappa shape index (κ3) is 1.88. The molecule has 0 fully saturated rings. The van der Waals surface area contributed by atoms with Crippen LogP contribution in [0.15, 0.2) is 29.3 Å². The molecule has 1 aromatic heterocycles. The summed E-state index contributed by atoms with van der Waals surface area (Å²) in [6.45, 7) is 1.96. The van der Waals surface area contributed by atoms with Crippen LogP contribution in [0.2, 0.25) is 0 Å². The third-order valence-corrected chi connectivity index (χ3v) is 3.04. The second-order valence-corrected chi connectivity index (χ2v) is 4.37. The molecule has 0 aliphatic carbocycles. The van der Waals surface area contributed by atoms with Crippen molar-refractivity contribution in [1.82, 2.24) is 15.3 Å². The molecule has 1 amide bonds. The van der Waals surface area contributed by atoms with Crippen molar-refractivity contribution >= 4 is 22.8 Å². The second kappa shape index (κ2) is 4.25. The molecule has 0 saturated carbocycles. The first kappa shape index (κ1) is 11.0. The Labute approximate surface area is 104 Å². The van der Waals surface area contributed by atoms with Crippen LogP contribution >= 0.6 is 0 Å². The number of H-pyrrole nitrogens is 1. The highest BCUT2D eigenvalue weighted by molar-refractivity contribution is 6.06. The van der Waals surface area contributed by atoms with Crippen molar-refractivity contribution in [2.24, 2.45) is 4.99 Å². The van der Waals surface area contributed by atoms with Crippen LogP contribution in [-0.4, -0.2) is 27.8 Å². The molecule has 92 valence electrons. The largest absolute Gasteiger partial charge is 0.342 e. The first-order valence-corrected chi connectivity index (χ1v) is 6.07. The fourth-order valence-electron chi connectivity index (χ4n) is 2.12. The molecule has 0 radical (unpaired) electrons. The Hall–Kier alpha value is -2.17. The fourth-order valence-corrected chi connectivity index (χ4v) is 2.12. The molecular formula is C13H14N4O. The molecular weight excluding hydrogens is 228 g/mol. The number of fused-ring (bicyclic) bond motifs is 1. The zero-order valence-electron chi connectivity index (χ0n) is 10.1. The summed E-state index contributed by atoms with van der Waals surface area (Å²) in [7, 11) is 0. The maximum atomic E-state index is 11.5. The lowest BCUT2D eigenvalue weighted by Gasteiger charge is -1.97. The minimum absolute atomic E-state index is 0.0105. The van der Waals surface area contributed by atoms with E-state index in [1.807, 2.05) is 31.2 Å². The highest BCUT2D eigenvalue weighted by atomic mass is 16.2. The number of nitrogens with one attached hydrogen (secondary N) is 2. The molecule has 1 aliphatic heterocycles. The average Bonchev–Trinajstić information content (AvgIpc) is 2.92. The molecule has 1 aliphatic rings. The Morgan fingerprint density at radius 1 is 1.33 bits per heavy atom. The standard InChI is InChI=1S/C13H14N4O/c1-2-8-13(18)17-12(14-8)7-11-15-9-5-3-4-6-10(9)16-11/h3-6,8H,2,7H2,1H3,(H,15,16)(H,14,17,18). The summed E-state index contributed by atoms with van der Waals surface area (Å²) in [6.07, 6.45) is 1.27. The number of benzene rings is 1. The lowest BCUT2D eigenvalue weighted by atomic mass is 10.2. The predicted octanol–water partition coefficient (Wildman–Crippen LogP) is 1.41. The van der Waals surface area contributed by atoms with Crippen LogP contribution in [-0.2, 0) is 11.2 Å². The van der Waals surface area contributed by atoms with Gasteiger partial charge in [0.1, 0.15) is 17.7 Å². The van der Waals surface area contributed by atoms with Crippen molar-refractivity contribution in [2.45, 2.75) is 25.8 Å². The van der Waals surface area contributed by atoms with Crippen LogP contribution < -0.4 is 5.32 Å². The number of para-hydroxylation sites is 2. The maximum Gasteiger partial charge on any atom is 0.250 e. The highest BCUT2D eigenvalue weighted by Gasteiger charge is 2.24. The summed E-state index contributed by atoms with van der Waals surface area (Å²) >= 11 is 0. The number of hydrogen-bond acceptors (Lipinski definition) is 3. The number of aliphatic imine (C=N–C) groups is 1. The SMILES string of the molecule is CCC1N=C(Cc2nc3ccccc3[nH]2)NC1=O. The van der Waals surface area contributed by atoms with E-state index in [1.165, 1.54) is 0 Å². The molecule has 1 aromatic carbocycles. The highest BCUT2D eigenvalue weighted by Crippen LogP contribution is 2.12. The first-order chi connectivity index (χ1) is 8.76. The van der Waals surface area contributed by atoms with E-state index in [0.29, 0.717) is 12.3 Å². The summed E-state index contributed by atoms with van der Waals surface area (Å²) < 4.78 is 0. The zero-order valence-corrected chi connectivity index (χ0v) is 10.1. The number of imidazole rings is 1. The molecule has 0 spiro atoms. The summed E-state index contributed by atoms with van der Waals surface area (Å²) in [6, 6.07) is 7.63. The molecule has 18 heavy (non-hydrogen) atoms. The summed E-state index contributed by atoms with van der Waals surface area (Å²) in [5, 5.41) is 2.80. The van der Waals surface area contributed by atoms with Crippen molar-refractivity contribution in [3.63, 3.8) is 0 Å². The van der Waals surface area contributed by atoms with Crippen LogP contribution in [0.3, 0.4) is 0 Å². The van der Waals surface area contributed by atoms with Crippen LogP contribution in [0.5, 0.6) is 0 Å². The molecule has 2 N–H and O–H groups in total. The van der Waals surface area contributed by atoms with Crippen LogP contribution in [0.4, 0.5) is 0 Å². The molecule has 5 heteroatoms. The van der Waals surface area contributed by atoms with E-state index in [9.17, 15) is 4.79 Å². The van der Waals surface area contributed by atoms with Gasteiger partial charge in [-0.25, -0.2) is 4.98 Å². The lowest BCUT2D eigenvalue weighted by Crippen LogP contribution is -2.29. The van der Waals surface area contributed by atoms with E-state index in [-0.39, 0.29) is 11.9 Å². The monoisotopic (exact) mass is 242 g/mol. The van der Waals surface area contributed by atoms with Gasteiger partial charge in [-0.05, 0) is 18.6 Å². The first-order valence-electron chi connectivity index (χ1n) is 6.07. The normalized spacial score (nSPS) is 19.1. The number of carbonyl (C=O) groups is 1. The van der Waals surface area contributed by atoms with Gasteiger partial charge in [0, 0.05) is 0 Å². The van der Waals surface area contributed by atoms with E-state index >= 15 is 0 Å². The third-order valence-electron chi connectivity index (χ3n) is 3.04. The summed E-state index contributed by atoms with van der Waals surface area (Å²) in [5.41, 5.74) is 1.94. The number of nitrogens with zero attached hydrogens (tertiary/aromatic N) is 2. The van der Waals surface area contributed by atoms with Gasteiger partial charge in [-0.2, -0.15) is 0 Å². The van der Waals surface area contributed by atoms with Crippen LogP contribution in [0.1, 0.15) is 19.2 Å². The fraction of sp³-hybridized carbons (Fsp3) is 0.308. The number of aromatic amines is 1. The van der Waals surface area contributed by atoms with Crippen molar-refractivity contribution < 1.29 is 4.79 Å². The van der Waals surface area contributed by atoms with Gasteiger partial charge in [0.15, 0.2) is 0 Å². The van der Waals surface area contributed by atoms with E-state index in [2.05, 4.69) is 20.3 Å². The Morgan fingerprint density at radius 2 is 2.17 bits per heavy atom. The number of hydrogen-bond donors (Lipinski definition) is 2. The number of rotatable bonds is 3. The summed E-state index contributed by atoms with van der Waals surface area (Å²) in [4.78, 5) is 23.6. The average molecular weight is 242 g/mol. The molecule has 1 atom stereocenters. The number of amides is 1. The van der Waals surface area contributed by atoms with Crippen molar-refractivity contribution in [3.8, 4) is 0 Å². The van der Waals surface area contributed by atoms with Gasteiger partial charge in [0.25, 0.3) is 0 Å². The summed E-state index contributed by atoms with van der Waals surface area (Å²) in [5.74, 6) is 1.52. The quantitative estimate of drug-likeness (QED) is 0.854. The molecule has 2 heterocycles. The minimum atomic E-state index is -0.232. The van der Waals surface area contributed by atoms with E-state index in [4.69, 9.17) is 0 Å². The smallest absolute Gasteiger partial charge is 0.250 e. The van der Waals surface area contributed by atoms with Gasteiger partial charge >= 0.3 is 0 Å². The van der Waals surface area contributed by atoms with Gasteiger partial charge in [-0.15, -0.1) is 0 Å². The second-order valence-electron chi connectivity index (χ2n) is 4.37. The van der Waals surface area contributed by atoms with E-state index in [1.54, 1.807) is 0 Å². The lowest BCUT2D eigenvalue weighted by molar-refractivity contribution is -0.120. The zero-order chi connectivity index (χ0) is 12.5. The number of carbonyl (C=O) groups excluding carboxylic acids is 1. The number of amidine groups is 1. The molecule has 5 nitrogen and oxygen atoms in total. The topological polar surface area (TPSA) is 70.1 Å². The Balaban J connectivity index is 1.83. The maximum absolute atomic E-state index is 11.5. The molecule has 1 unspecified atom stereocenters. The van der Waals surface area contributed by atoms with Crippen LogP contribution in [0, 0.1) is 0 Å². The molecule has 2 aromatic rings. The van der Waals surface area contributed by atoms with Gasteiger partial charge in [0.2, 0.25) is 5.91 Å². The molecule has 3 rings (SSSR count). The van der Waals surface area contributed by atoms with Gasteiger partial charge in [0.05, 0.1) is 17.5 Å².